The summed E-state index contributed by atoms with van der Waals surface area (Å²) in [5, 5.41) is 2.99. The number of rotatable bonds is 3. The number of carbonyl (C=O) groups excluding carboxylic acids is 2. The Morgan fingerprint density at radius 2 is 2.16 bits per heavy atom. The van der Waals surface area contributed by atoms with E-state index >= 15 is 0 Å². The summed E-state index contributed by atoms with van der Waals surface area (Å²) >= 11 is 3.45. The van der Waals surface area contributed by atoms with Gasteiger partial charge in [-0.25, -0.2) is 0 Å². The Bertz CT molecular complexity index is 497. The maximum atomic E-state index is 12.2. The highest BCUT2D eigenvalue weighted by molar-refractivity contribution is 14.1. The van der Waals surface area contributed by atoms with Crippen LogP contribution in [0.1, 0.15) is 23.3 Å². The SMILES string of the molecule is CNC1(C(N)=O)CCN(C(=O)c2cc(I)sn2)CC1. The van der Waals surface area contributed by atoms with Crippen molar-refractivity contribution in [3.63, 3.8) is 0 Å². The van der Waals surface area contributed by atoms with Crippen molar-refractivity contribution in [1.29, 1.82) is 0 Å². The molecule has 1 aromatic rings. The molecule has 0 aliphatic carbocycles. The average Bonchev–Trinajstić information content (AvgIpc) is 2.84. The van der Waals surface area contributed by atoms with E-state index in [1.165, 1.54) is 11.5 Å². The first-order valence-corrected chi connectivity index (χ1v) is 7.74. The van der Waals surface area contributed by atoms with Gasteiger partial charge in [0.1, 0.15) is 11.2 Å². The summed E-state index contributed by atoms with van der Waals surface area (Å²) in [6.07, 6.45) is 1.07. The van der Waals surface area contributed by atoms with Gasteiger partial charge in [0.15, 0.2) is 0 Å². The number of hydrogen-bond acceptors (Lipinski definition) is 5. The zero-order chi connectivity index (χ0) is 14.0. The van der Waals surface area contributed by atoms with Gasteiger partial charge in [-0.2, -0.15) is 4.37 Å². The molecule has 0 unspecified atom stereocenters. The lowest BCUT2D eigenvalue weighted by Crippen LogP contribution is -2.60. The zero-order valence-corrected chi connectivity index (χ0v) is 13.5. The lowest BCUT2D eigenvalue weighted by molar-refractivity contribution is -0.125. The van der Waals surface area contributed by atoms with Crippen LogP contribution in [0.2, 0.25) is 0 Å². The maximum absolute atomic E-state index is 12.2. The van der Waals surface area contributed by atoms with E-state index in [1.807, 2.05) is 0 Å². The van der Waals surface area contributed by atoms with Gasteiger partial charge in [-0.3, -0.25) is 9.59 Å². The first kappa shape index (κ1) is 14.7. The Labute approximate surface area is 129 Å². The lowest BCUT2D eigenvalue weighted by atomic mass is 9.87. The molecule has 0 bridgehead atoms. The van der Waals surface area contributed by atoms with Crippen LogP contribution < -0.4 is 11.1 Å². The molecule has 3 N–H and O–H groups in total. The molecule has 0 aromatic carbocycles. The number of hydrogen-bond donors (Lipinski definition) is 2. The van der Waals surface area contributed by atoms with Gasteiger partial charge in [0.2, 0.25) is 5.91 Å². The van der Waals surface area contributed by atoms with Gasteiger partial charge in [-0.15, -0.1) is 0 Å². The van der Waals surface area contributed by atoms with Crippen LogP contribution >= 0.6 is 34.1 Å². The van der Waals surface area contributed by atoms with Crippen LogP contribution in [-0.4, -0.2) is 46.8 Å². The summed E-state index contributed by atoms with van der Waals surface area (Å²) in [7, 11) is 1.73. The lowest BCUT2D eigenvalue weighted by Gasteiger charge is -2.39. The number of nitrogens with two attached hydrogens (primary N) is 1. The second kappa shape index (κ2) is 5.71. The molecule has 2 amide bonds. The molecule has 1 saturated heterocycles. The third kappa shape index (κ3) is 2.90. The predicted octanol–water partition coefficient (Wildman–Crippen LogP) is 0.427. The van der Waals surface area contributed by atoms with E-state index < -0.39 is 5.54 Å². The maximum Gasteiger partial charge on any atom is 0.273 e. The molecule has 0 radical (unpaired) electrons. The number of primary amides is 1. The number of halogens is 1. The quantitative estimate of drug-likeness (QED) is 0.728. The molecular weight excluding hydrogens is 379 g/mol. The number of aromatic nitrogens is 1. The van der Waals surface area contributed by atoms with Crippen LogP contribution in [0.4, 0.5) is 0 Å². The highest BCUT2D eigenvalue weighted by atomic mass is 127. The van der Waals surface area contributed by atoms with Crippen molar-refractivity contribution in [3.8, 4) is 0 Å². The minimum atomic E-state index is -0.687. The zero-order valence-electron chi connectivity index (χ0n) is 10.5. The molecule has 6 nitrogen and oxygen atoms in total. The molecule has 8 heteroatoms. The second-order valence-electron chi connectivity index (χ2n) is 4.50. The van der Waals surface area contributed by atoms with E-state index in [0.29, 0.717) is 31.6 Å². The number of piperidine rings is 1. The van der Waals surface area contributed by atoms with Gasteiger partial charge in [-0.1, -0.05) is 0 Å². The minimum absolute atomic E-state index is 0.0756. The van der Waals surface area contributed by atoms with Crippen molar-refractivity contribution in [1.82, 2.24) is 14.6 Å². The number of amides is 2. The third-order valence-corrected chi connectivity index (χ3v) is 5.04. The summed E-state index contributed by atoms with van der Waals surface area (Å²) in [6, 6.07) is 1.78. The molecule has 0 atom stereocenters. The van der Waals surface area contributed by atoms with Gasteiger partial charge in [0, 0.05) is 13.1 Å². The van der Waals surface area contributed by atoms with Crippen molar-refractivity contribution < 1.29 is 9.59 Å². The summed E-state index contributed by atoms with van der Waals surface area (Å²) in [4.78, 5) is 25.4. The van der Waals surface area contributed by atoms with Gasteiger partial charge >= 0.3 is 0 Å². The van der Waals surface area contributed by atoms with Gasteiger partial charge in [0.05, 0.1) is 2.88 Å². The van der Waals surface area contributed by atoms with Crippen LogP contribution in [0, 0.1) is 2.88 Å². The van der Waals surface area contributed by atoms with Gasteiger partial charge in [-0.05, 0) is 60.1 Å². The third-order valence-electron chi connectivity index (χ3n) is 3.55. The van der Waals surface area contributed by atoms with Crippen LogP contribution in [0.5, 0.6) is 0 Å². The molecule has 1 fully saturated rings. The van der Waals surface area contributed by atoms with Crippen LogP contribution in [0.25, 0.3) is 0 Å². The van der Waals surface area contributed by atoms with Crippen molar-refractivity contribution in [3.05, 3.63) is 14.6 Å². The second-order valence-corrected chi connectivity index (χ2v) is 7.20. The first-order chi connectivity index (χ1) is 8.98. The Balaban J connectivity index is 2.04. The Kier molecular flexibility index (Phi) is 4.41. The largest absolute Gasteiger partial charge is 0.368 e. The van der Waals surface area contributed by atoms with Crippen LogP contribution in [-0.2, 0) is 4.79 Å². The van der Waals surface area contributed by atoms with Crippen LogP contribution in [0.15, 0.2) is 6.07 Å². The van der Waals surface area contributed by atoms with Crippen molar-refractivity contribution in [2.75, 3.05) is 20.1 Å². The summed E-state index contributed by atoms with van der Waals surface area (Å²) < 4.78 is 5.10. The molecule has 0 spiro atoms. The molecule has 2 heterocycles. The molecule has 2 rings (SSSR count). The Hall–Kier alpha value is -0.740. The predicted molar refractivity (Wildman–Crippen MR) is 81.0 cm³/mol. The number of likely N-dealkylation sites (N-methyl/N-ethyl adjacent to an activating group) is 1. The summed E-state index contributed by atoms with van der Waals surface area (Å²) in [5.41, 5.74) is 5.22. The number of carbonyl (C=O) groups is 2. The van der Waals surface area contributed by atoms with E-state index in [-0.39, 0.29) is 11.8 Å². The van der Waals surface area contributed by atoms with E-state index in [2.05, 4.69) is 32.3 Å². The smallest absolute Gasteiger partial charge is 0.273 e. The number of nitrogens with one attached hydrogen (secondary N) is 1. The molecule has 19 heavy (non-hydrogen) atoms. The van der Waals surface area contributed by atoms with E-state index in [1.54, 1.807) is 18.0 Å². The standard InChI is InChI=1S/C11H15IN4O2S/c1-14-11(10(13)18)2-4-16(5-3-11)9(17)7-6-8(12)19-15-7/h6,14H,2-5H2,1H3,(H2,13,18). The van der Waals surface area contributed by atoms with Gasteiger partial charge in [0.25, 0.3) is 5.91 Å². The van der Waals surface area contributed by atoms with Gasteiger partial charge < -0.3 is 16.0 Å². The number of likely N-dealkylation sites (tertiary alicyclic amines) is 1. The van der Waals surface area contributed by atoms with Crippen molar-refractivity contribution >= 4 is 45.9 Å². The fraction of sp³-hybridized carbons (Fsp3) is 0.545. The fourth-order valence-corrected chi connectivity index (χ4v) is 3.30. The Morgan fingerprint density at radius 3 is 2.58 bits per heavy atom. The minimum Gasteiger partial charge on any atom is -0.368 e. The molecule has 0 saturated carbocycles. The Morgan fingerprint density at radius 1 is 1.53 bits per heavy atom. The van der Waals surface area contributed by atoms with Crippen LogP contribution in [0.3, 0.4) is 0 Å². The first-order valence-electron chi connectivity index (χ1n) is 5.89. The van der Waals surface area contributed by atoms with Crippen molar-refractivity contribution in [2.45, 2.75) is 18.4 Å². The van der Waals surface area contributed by atoms with E-state index in [0.717, 1.165) is 2.88 Å². The average molecular weight is 394 g/mol. The summed E-state index contributed by atoms with van der Waals surface area (Å²) in [5.74, 6) is -0.432. The summed E-state index contributed by atoms with van der Waals surface area (Å²) in [6.45, 7) is 1.02. The normalized spacial score (nSPS) is 18.3. The highest BCUT2D eigenvalue weighted by Crippen LogP contribution is 2.23. The fourth-order valence-electron chi connectivity index (χ4n) is 2.23. The van der Waals surface area contributed by atoms with E-state index in [9.17, 15) is 9.59 Å². The molecule has 1 aliphatic heterocycles. The molecule has 1 aliphatic rings. The molecule has 1 aromatic heterocycles. The topological polar surface area (TPSA) is 88.3 Å². The molecular formula is C11H15IN4O2S. The number of nitrogens with zero attached hydrogens (tertiary/aromatic N) is 2. The monoisotopic (exact) mass is 394 g/mol. The highest BCUT2D eigenvalue weighted by Gasteiger charge is 2.39. The molecule has 104 valence electrons. The van der Waals surface area contributed by atoms with E-state index in [4.69, 9.17) is 5.73 Å². The van der Waals surface area contributed by atoms with Crippen molar-refractivity contribution in [2.24, 2.45) is 5.73 Å².